The summed E-state index contributed by atoms with van der Waals surface area (Å²) in [7, 11) is 0. The van der Waals surface area contributed by atoms with Crippen molar-refractivity contribution < 1.29 is 13.5 Å². The van der Waals surface area contributed by atoms with Crippen LogP contribution in [0.4, 0.5) is 14.5 Å². The molecule has 0 aliphatic heterocycles. The first-order chi connectivity index (χ1) is 11.9. The van der Waals surface area contributed by atoms with Crippen LogP contribution in [-0.2, 0) is 6.42 Å². The highest BCUT2D eigenvalue weighted by Gasteiger charge is 2.17. The van der Waals surface area contributed by atoms with Crippen LogP contribution in [0.3, 0.4) is 0 Å². The first-order valence-electron chi connectivity index (χ1n) is 7.41. The minimum atomic E-state index is -0.991. The van der Waals surface area contributed by atoms with Gasteiger partial charge in [-0.25, -0.2) is 18.4 Å². The summed E-state index contributed by atoms with van der Waals surface area (Å²) in [6.45, 7) is 3.60. The average molecular weight is 366 g/mol. The second kappa shape index (κ2) is 6.64. The van der Waals surface area contributed by atoms with E-state index in [0.717, 1.165) is 12.1 Å². The smallest absolute Gasteiger partial charge is 0.249 e. The molecule has 0 amide bonds. The maximum absolute atomic E-state index is 13.5. The minimum Gasteiger partial charge on any atom is -0.418 e. The Morgan fingerprint density at radius 2 is 1.96 bits per heavy atom. The van der Waals surface area contributed by atoms with Crippen LogP contribution in [-0.4, -0.2) is 19.7 Å². The summed E-state index contributed by atoms with van der Waals surface area (Å²) in [6, 6.07) is 5.02. The number of rotatable bonds is 4. The molecule has 0 spiro atoms. The van der Waals surface area contributed by atoms with Gasteiger partial charge in [0.15, 0.2) is 16.8 Å². The van der Waals surface area contributed by atoms with E-state index < -0.39 is 11.6 Å². The van der Waals surface area contributed by atoms with Crippen molar-refractivity contribution in [1.82, 2.24) is 19.7 Å². The first-order valence-corrected chi connectivity index (χ1v) is 7.78. The van der Waals surface area contributed by atoms with Crippen molar-refractivity contribution in [2.75, 3.05) is 5.73 Å². The molecule has 0 radical (unpaired) electrons. The van der Waals surface area contributed by atoms with Gasteiger partial charge in [0.05, 0.1) is 11.4 Å². The number of aryl methyl sites for hydroxylation is 2. The Hall–Kier alpha value is -2.74. The van der Waals surface area contributed by atoms with E-state index in [-0.39, 0.29) is 28.3 Å². The molecule has 25 heavy (non-hydrogen) atoms. The van der Waals surface area contributed by atoms with Gasteiger partial charge in [0.2, 0.25) is 11.8 Å². The van der Waals surface area contributed by atoms with E-state index in [2.05, 4.69) is 15.1 Å². The number of hydrogen-bond acceptors (Lipinski definition) is 5. The second-order valence-electron chi connectivity index (χ2n) is 5.24. The molecule has 130 valence electrons. The van der Waals surface area contributed by atoms with E-state index in [1.54, 1.807) is 13.0 Å². The van der Waals surface area contributed by atoms with Gasteiger partial charge in [-0.2, -0.15) is 10.1 Å². The zero-order valence-corrected chi connectivity index (χ0v) is 14.2. The highest BCUT2D eigenvalue weighted by Crippen LogP contribution is 2.31. The van der Waals surface area contributed by atoms with E-state index in [0.29, 0.717) is 17.9 Å². The number of benzene rings is 1. The Bertz CT molecular complexity index is 945. The van der Waals surface area contributed by atoms with Crippen LogP contribution < -0.4 is 10.5 Å². The van der Waals surface area contributed by atoms with Gasteiger partial charge in [0, 0.05) is 18.6 Å². The molecule has 2 heterocycles. The summed E-state index contributed by atoms with van der Waals surface area (Å²) < 4.78 is 33.7. The normalized spacial score (nSPS) is 10.9. The van der Waals surface area contributed by atoms with Gasteiger partial charge < -0.3 is 10.5 Å². The zero-order chi connectivity index (χ0) is 18.1. The molecule has 3 aromatic rings. The Labute approximate surface area is 147 Å². The Morgan fingerprint density at radius 1 is 1.20 bits per heavy atom. The van der Waals surface area contributed by atoms with Crippen molar-refractivity contribution in [2.24, 2.45) is 0 Å². The molecule has 0 bridgehead atoms. The molecular weight excluding hydrogens is 352 g/mol. The quantitative estimate of drug-likeness (QED) is 0.711. The van der Waals surface area contributed by atoms with Crippen LogP contribution in [0.25, 0.3) is 5.69 Å². The number of nitrogens with two attached hydrogens (primary N) is 1. The van der Waals surface area contributed by atoms with Crippen molar-refractivity contribution in [3.63, 3.8) is 0 Å². The van der Waals surface area contributed by atoms with E-state index in [4.69, 9.17) is 22.1 Å². The van der Waals surface area contributed by atoms with E-state index in [9.17, 15) is 8.78 Å². The molecule has 0 aliphatic carbocycles. The van der Waals surface area contributed by atoms with E-state index >= 15 is 0 Å². The Morgan fingerprint density at radius 3 is 2.64 bits per heavy atom. The van der Waals surface area contributed by atoms with Crippen molar-refractivity contribution in [3.8, 4) is 17.4 Å². The van der Waals surface area contributed by atoms with Gasteiger partial charge in [-0.1, -0.05) is 18.5 Å². The van der Waals surface area contributed by atoms with Crippen LogP contribution in [0.15, 0.2) is 24.3 Å². The number of hydrogen-bond donors (Lipinski definition) is 1. The number of nitrogen functional groups attached to an aromatic ring is 1. The zero-order valence-electron chi connectivity index (χ0n) is 13.4. The summed E-state index contributed by atoms with van der Waals surface area (Å²) in [5.74, 6) is -1.18. The fraction of sp³-hybridized carbons (Fsp3) is 0.188. The van der Waals surface area contributed by atoms with Gasteiger partial charge in [-0.15, -0.1) is 0 Å². The molecule has 0 fully saturated rings. The maximum atomic E-state index is 13.5. The molecule has 0 unspecified atom stereocenters. The lowest BCUT2D eigenvalue weighted by atomic mass is 10.3. The lowest BCUT2D eigenvalue weighted by molar-refractivity contribution is 0.426. The van der Waals surface area contributed by atoms with Crippen molar-refractivity contribution in [2.45, 2.75) is 20.3 Å². The third-order valence-corrected chi connectivity index (χ3v) is 3.66. The fourth-order valence-corrected chi connectivity index (χ4v) is 2.33. The van der Waals surface area contributed by atoms with Gasteiger partial charge >= 0.3 is 0 Å². The second-order valence-corrected chi connectivity index (χ2v) is 5.60. The lowest BCUT2D eigenvalue weighted by Gasteiger charge is -2.11. The lowest BCUT2D eigenvalue weighted by Crippen LogP contribution is -2.05. The predicted octanol–water partition coefficient (Wildman–Crippen LogP) is 3.84. The van der Waals surface area contributed by atoms with Gasteiger partial charge in [0.1, 0.15) is 11.5 Å². The molecule has 0 saturated carbocycles. The van der Waals surface area contributed by atoms with Crippen molar-refractivity contribution in [3.05, 3.63) is 52.6 Å². The molecule has 2 N–H and O–H groups in total. The van der Waals surface area contributed by atoms with E-state index in [1.165, 1.54) is 10.7 Å². The minimum absolute atomic E-state index is 0.0700. The number of nitrogens with zero attached hydrogens (tertiary/aromatic N) is 4. The largest absolute Gasteiger partial charge is 0.418 e. The van der Waals surface area contributed by atoms with Crippen LogP contribution in [0.5, 0.6) is 11.8 Å². The molecule has 1 aromatic carbocycles. The van der Waals surface area contributed by atoms with Crippen LogP contribution in [0.1, 0.15) is 18.4 Å². The molecular formula is C16H14ClF2N5O. The Balaban J connectivity index is 2.05. The molecule has 0 aliphatic rings. The van der Waals surface area contributed by atoms with Gasteiger partial charge in [-0.05, 0) is 19.1 Å². The number of aromatic nitrogens is 4. The summed E-state index contributed by atoms with van der Waals surface area (Å²) in [6.07, 6.45) is 0.540. The monoisotopic (exact) mass is 365 g/mol. The summed E-state index contributed by atoms with van der Waals surface area (Å²) in [5.41, 5.74) is 6.84. The Kier molecular flexibility index (Phi) is 4.54. The molecule has 0 atom stereocenters. The predicted molar refractivity (Wildman–Crippen MR) is 89.1 cm³/mol. The van der Waals surface area contributed by atoms with Crippen LogP contribution in [0, 0.1) is 18.6 Å². The standard InChI is InChI=1S/C16H14ClF2N5O/c1-3-12-21-15(17)14(20)16(22-12)25-13-6-8(2)23-24(13)9-4-5-10(18)11(19)7-9/h4-7H,3,20H2,1-2H3. The van der Waals surface area contributed by atoms with Gasteiger partial charge in [-0.3, -0.25) is 0 Å². The fourth-order valence-electron chi connectivity index (χ4n) is 2.15. The molecule has 2 aromatic heterocycles. The maximum Gasteiger partial charge on any atom is 0.249 e. The first kappa shape index (κ1) is 17.1. The molecule has 0 saturated heterocycles. The number of anilines is 1. The SMILES string of the molecule is CCc1nc(Cl)c(N)c(Oc2cc(C)nn2-c2ccc(F)c(F)c2)n1. The van der Waals surface area contributed by atoms with Crippen LogP contribution >= 0.6 is 11.6 Å². The third kappa shape index (κ3) is 3.39. The topological polar surface area (TPSA) is 78.9 Å². The third-order valence-electron chi connectivity index (χ3n) is 3.37. The van der Waals surface area contributed by atoms with Gasteiger partial charge in [0.25, 0.3) is 0 Å². The molecule has 9 heteroatoms. The summed E-state index contributed by atoms with van der Waals surface area (Å²) in [4.78, 5) is 8.24. The number of halogens is 3. The van der Waals surface area contributed by atoms with Crippen molar-refractivity contribution in [1.29, 1.82) is 0 Å². The average Bonchev–Trinajstić information content (AvgIpc) is 2.94. The highest BCUT2D eigenvalue weighted by atomic mass is 35.5. The molecule has 3 rings (SSSR count). The highest BCUT2D eigenvalue weighted by molar-refractivity contribution is 6.32. The van der Waals surface area contributed by atoms with E-state index in [1.807, 2.05) is 6.92 Å². The van der Waals surface area contributed by atoms with Crippen LogP contribution in [0.2, 0.25) is 5.15 Å². The number of ether oxygens (including phenoxy) is 1. The van der Waals surface area contributed by atoms with Crippen molar-refractivity contribution >= 4 is 17.3 Å². The molecule has 6 nitrogen and oxygen atoms in total. The summed E-state index contributed by atoms with van der Waals surface area (Å²) >= 11 is 5.99. The summed E-state index contributed by atoms with van der Waals surface area (Å²) in [5, 5.41) is 4.31.